The Morgan fingerprint density at radius 2 is 2.50 bits per heavy atom. The maximum atomic E-state index is 5.64. The Kier molecular flexibility index (Phi) is 2.15. The maximum Gasteiger partial charge on any atom is 0.0364 e. The van der Waals surface area contributed by atoms with Crippen molar-refractivity contribution < 1.29 is 0 Å². The third-order valence-electron chi connectivity index (χ3n) is 1.00. The van der Waals surface area contributed by atoms with E-state index < -0.39 is 0 Å². The van der Waals surface area contributed by atoms with Crippen molar-refractivity contribution in [1.82, 2.24) is 0 Å². The quantitative estimate of drug-likeness (QED) is 0.519. The Morgan fingerprint density at radius 3 is 2.88 bits per heavy atom. The monoisotopic (exact) mass is 192 g/mol. The lowest BCUT2D eigenvalue weighted by Crippen LogP contribution is -1.93. The molecule has 0 aromatic rings. The van der Waals surface area contributed by atoms with E-state index in [1.165, 1.54) is 0 Å². The molecule has 1 aliphatic rings. The first-order valence-corrected chi connectivity index (χ1v) is 3.76. The highest BCUT2D eigenvalue weighted by Gasteiger charge is 2.00. The van der Waals surface area contributed by atoms with E-state index in [0.717, 1.165) is 11.5 Å². The second-order valence-electron chi connectivity index (χ2n) is 1.70. The summed E-state index contributed by atoms with van der Waals surface area (Å²) in [7, 11) is 0. The molecule has 0 nitrogen and oxygen atoms in total. The minimum Gasteiger partial charge on any atom is -0.0847 e. The van der Waals surface area contributed by atoms with Crippen LogP contribution < -0.4 is 0 Å². The first-order chi connectivity index (χ1) is 3.79. The molecule has 0 fully saturated rings. The maximum absolute atomic E-state index is 5.64. The van der Waals surface area contributed by atoms with Crippen molar-refractivity contribution >= 4 is 27.5 Å². The fraction of sp³-hybridized carbons (Fsp3) is 0.333. The molecule has 1 aliphatic carbocycles. The number of hydrogen-bond donors (Lipinski definition) is 0. The van der Waals surface area contributed by atoms with Crippen LogP contribution in [0.5, 0.6) is 0 Å². The van der Waals surface area contributed by atoms with E-state index in [-0.39, 0.29) is 0 Å². The van der Waals surface area contributed by atoms with Crippen molar-refractivity contribution in [2.75, 3.05) is 0 Å². The molecule has 0 bridgehead atoms. The van der Waals surface area contributed by atoms with Crippen molar-refractivity contribution in [2.24, 2.45) is 0 Å². The van der Waals surface area contributed by atoms with Gasteiger partial charge >= 0.3 is 0 Å². The van der Waals surface area contributed by atoms with E-state index in [4.69, 9.17) is 11.6 Å². The SMILES string of the molecule is ClC1=CCC(Br)C=C1. The standard InChI is InChI=1S/C6H6BrCl/c7-5-1-3-6(8)4-2-5/h1,3-5H,2H2. The molecule has 0 aromatic carbocycles. The molecular weight excluding hydrogens is 187 g/mol. The molecule has 0 heterocycles. The zero-order valence-corrected chi connectivity index (χ0v) is 6.61. The van der Waals surface area contributed by atoms with Crippen molar-refractivity contribution in [1.29, 1.82) is 0 Å². The van der Waals surface area contributed by atoms with E-state index in [9.17, 15) is 0 Å². The minimum absolute atomic E-state index is 0.491. The number of hydrogen-bond acceptors (Lipinski definition) is 0. The van der Waals surface area contributed by atoms with Gasteiger partial charge in [0, 0.05) is 9.86 Å². The van der Waals surface area contributed by atoms with Gasteiger partial charge in [-0.3, -0.25) is 0 Å². The molecule has 8 heavy (non-hydrogen) atoms. The largest absolute Gasteiger partial charge is 0.0847 e. The lowest BCUT2D eigenvalue weighted by Gasteiger charge is -2.03. The summed E-state index contributed by atoms with van der Waals surface area (Å²) in [5.41, 5.74) is 0. The minimum atomic E-state index is 0.491. The van der Waals surface area contributed by atoms with Gasteiger partial charge in [-0.25, -0.2) is 0 Å². The normalized spacial score (nSPS) is 27.8. The van der Waals surface area contributed by atoms with Crippen LogP contribution in [-0.2, 0) is 0 Å². The average Bonchev–Trinajstić information content (AvgIpc) is 1.77. The fourth-order valence-electron chi connectivity index (χ4n) is 0.568. The van der Waals surface area contributed by atoms with Gasteiger partial charge in [0.05, 0.1) is 0 Å². The predicted octanol–water partition coefficient (Wildman–Crippen LogP) is 2.83. The summed E-state index contributed by atoms with van der Waals surface area (Å²) in [6, 6.07) is 0. The van der Waals surface area contributed by atoms with Gasteiger partial charge in [0.25, 0.3) is 0 Å². The van der Waals surface area contributed by atoms with Crippen LogP contribution >= 0.6 is 27.5 Å². The molecule has 0 N–H and O–H groups in total. The molecule has 0 saturated heterocycles. The molecule has 2 heteroatoms. The van der Waals surface area contributed by atoms with Crippen LogP contribution in [0.2, 0.25) is 0 Å². The van der Waals surface area contributed by atoms with Gasteiger partial charge in [-0.2, -0.15) is 0 Å². The van der Waals surface area contributed by atoms with Gasteiger partial charge in [0.2, 0.25) is 0 Å². The second kappa shape index (κ2) is 2.70. The lowest BCUT2D eigenvalue weighted by atomic mass is 10.2. The first-order valence-electron chi connectivity index (χ1n) is 2.47. The fourth-order valence-corrected chi connectivity index (χ4v) is 1.07. The average molecular weight is 193 g/mol. The van der Waals surface area contributed by atoms with Crippen LogP contribution in [0.15, 0.2) is 23.3 Å². The number of allylic oxidation sites excluding steroid dienone is 4. The van der Waals surface area contributed by atoms with E-state index >= 15 is 0 Å². The molecular formula is C6H6BrCl. The van der Waals surface area contributed by atoms with Gasteiger partial charge in [-0.1, -0.05) is 39.7 Å². The number of rotatable bonds is 0. The topological polar surface area (TPSA) is 0 Å². The van der Waals surface area contributed by atoms with Crippen LogP contribution in [0.3, 0.4) is 0 Å². The Morgan fingerprint density at radius 1 is 1.75 bits per heavy atom. The van der Waals surface area contributed by atoms with Crippen LogP contribution in [0.1, 0.15) is 6.42 Å². The molecule has 0 spiro atoms. The van der Waals surface area contributed by atoms with Crippen molar-refractivity contribution in [3.8, 4) is 0 Å². The van der Waals surface area contributed by atoms with Crippen LogP contribution in [0.4, 0.5) is 0 Å². The highest BCUT2D eigenvalue weighted by atomic mass is 79.9. The van der Waals surface area contributed by atoms with Gasteiger partial charge in [0.1, 0.15) is 0 Å². The highest BCUT2D eigenvalue weighted by Crippen LogP contribution is 2.18. The van der Waals surface area contributed by atoms with Crippen LogP contribution in [-0.4, -0.2) is 4.83 Å². The van der Waals surface area contributed by atoms with Gasteiger partial charge < -0.3 is 0 Å². The Hall–Kier alpha value is 0.250. The number of alkyl halides is 1. The molecule has 0 radical (unpaired) electrons. The summed E-state index contributed by atoms with van der Waals surface area (Å²) in [6.45, 7) is 0. The molecule has 0 aromatic heterocycles. The van der Waals surface area contributed by atoms with E-state index in [0.29, 0.717) is 4.83 Å². The predicted molar refractivity (Wildman–Crippen MR) is 40.4 cm³/mol. The van der Waals surface area contributed by atoms with Crippen molar-refractivity contribution in [3.63, 3.8) is 0 Å². The molecule has 1 rings (SSSR count). The third kappa shape index (κ3) is 1.64. The number of halogens is 2. The summed E-state index contributed by atoms with van der Waals surface area (Å²) in [5.74, 6) is 0. The lowest BCUT2D eigenvalue weighted by molar-refractivity contribution is 1.07. The van der Waals surface area contributed by atoms with E-state index in [2.05, 4.69) is 15.9 Å². The molecule has 0 saturated carbocycles. The van der Waals surface area contributed by atoms with Crippen molar-refractivity contribution in [2.45, 2.75) is 11.2 Å². The van der Waals surface area contributed by atoms with E-state index in [1.807, 2.05) is 18.2 Å². The molecule has 1 atom stereocenters. The zero-order chi connectivity index (χ0) is 5.98. The highest BCUT2D eigenvalue weighted by molar-refractivity contribution is 9.09. The van der Waals surface area contributed by atoms with Gasteiger partial charge in [0.15, 0.2) is 0 Å². The van der Waals surface area contributed by atoms with Crippen LogP contribution in [0.25, 0.3) is 0 Å². The van der Waals surface area contributed by atoms with Gasteiger partial charge in [-0.15, -0.1) is 0 Å². The third-order valence-corrected chi connectivity index (χ3v) is 1.96. The summed E-state index contributed by atoms with van der Waals surface area (Å²) < 4.78 is 0. The zero-order valence-electron chi connectivity index (χ0n) is 4.27. The second-order valence-corrected chi connectivity index (χ2v) is 3.31. The van der Waals surface area contributed by atoms with Gasteiger partial charge in [-0.05, 0) is 12.5 Å². The van der Waals surface area contributed by atoms with Crippen molar-refractivity contribution in [3.05, 3.63) is 23.3 Å². The first kappa shape index (κ1) is 6.37. The summed E-state index contributed by atoms with van der Waals surface area (Å²) in [5, 5.41) is 0.848. The molecule has 1 unspecified atom stereocenters. The molecule has 44 valence electrons. The Balaban J connectivity index is 2.58. The smallest absolute Gasteiger partial charge is 0.0364 e. The van der Waals surface area contributed by atoms with E-state index in [1.54, 1.807) is 0 Å². The Labute approximate surface area is 62.3 Å². The summed E-state index contributed by atoms with van der Waals surface area (Å²) in [4.78, 5) is 0.491. The molecule has 0 amide bonds. The van der Waals surface area contributed by atoms with Crippen LogP contribution in [0, 0.1) is 0 Å². The summed E-state index contributed by atoms with van der Waals surface area (Å²) in [6.07, 6.45) is 6.96. The summed E-state index contributed by atoms with van der Waals surface area (Å²) >= 11 is 9.06. The Bertz CT molecular complexity index is 137. The molecule has 0 aliphatic heterocycles.